The van der Waals surface area contributed by atoms with E-state index in [2.05, 4.69) is 34.4 Å². The Morgan fingerprint density at radius 1 is 1.14 bits per heavy atom. The number of urea groups is 1. The highest BCUT2D eigenvalue weighted by atomic mass is 16.5. The number of carbonyl (C=O) groups is 1. The molecule has 2 aromatic rings. The van der Waals surface area contributed by atoms with Crippen LogP contribution in [0.25, 0.3) is 0 Å². The van der Waals surface area contributed by atoms with Gasteiger partial charge in [0.05, 0.1) is 13.2 Å². The van der Waals surface area contributed by atoms with Gasteiger partial charge < -0.3 is 25.0 Å². The Balaban J connectivity index is 1.96. The molecule has 0 fully saturated rings. The van der Waals surface area contributed by atoms with E-state index in [-0.39, 0.29) is 12.1 Å². The summed E-state index contributed by atoms with van der Waals surface area (Å²) in [6.45, 7) is 9.51. The van der Waals surface area contributed by atoms with Crippen LogP contribution in [0.1, 0.15) is 32.4 Å². The van der Waals surface area contributed by atoms with E-state index in [0.29, 0.717) is 23.8 Å². The lowest BCUT2D eigenvalue weighted by Gasteiger charge is -2.19. The number of likely N-dealkylation sites (N-methyl/N-ethyl adjacent to an activating group) is 1. The van der Waals surface area contributed by atoms with Gasteiger partial charge in [0.15, 0.2) is 11.5 Å². The van der Waals surface area contributed by atoms with Crippen molar-refractivity contribution in [2.45, 2.75) is 26.8 Å². The Morgan fingerprint density at radius 3 is 2.50 bits per heavy atom. The van der Waals surface area contributed by atoms with Crippen LogP contribution in [-0.2, 0) is 0 Å². The van der Waals surface area contributed by atoms with Crippen LogP contribution in [0.2, 0.25) is 0 Å². The van der Waals surface area contributed by atoms with E-state index < -0.39 is 0 Å². The van der Waals surface area contributed by atoms with E-state index in [0.717, 1.165) is 25.2 Å². The number of nitrogens with one attached hydrogen (secondary N) is 2. The first kappa shape index (κ1) is 21.5. The first-order valence-electron chi connectivity index (χ1n) is 9.58. The van der Waals surface area contributed by atoms with E-state index in [4.69, 9.17) is 9.47 Å². The minimum atomic E-state index is -0.288. The summed E-state index contributed by atoms with van der Waals surface area (Å²) < 4.78 is 11.3. The van der Waals surface area contributed by atoms with Crippen molar-refractivity contribution in [1.82, 2.24) is 15.2 Å². The Morgan fingerprint density at radius 2 is 1.86 bits per heavy atom. The molecule has 1 aromatic carbocycles. The number of amides is 2. The summed E-state index contributed by atoms with van der Waals surface area (Å²) in [5.74, 6) is 1.24. The summed E-state index contributed by atoms with van der Waals surface area (Å²) >= 11 is 0. The molecule has 0 saturated heterocycles. The number of methoxy groups -OCH3 is 1. The number of nitrogens with zero attached hydrogens (tertiary/aromatic N) is 2. The van der Waals surface area contributed by atoms with Gasteiger partial charge in [0, 0.05) is 30.7 Å². The van der Waals surface area contributed by atoms with Gasteiger partial charge in [0.2, 0.25) is 0 Å². The van der Waals surface area contributed by atoms with Crippen LogP contribution in [0.15, 0.2) is 42.7 Å². The molecule has 1 atom stereocenters. The molecule has 1 heterocycles. The largest absolute Gasteiger partial charge is 0.493 e. The topological polar surface area (TPSA) is 75.7 Å². The van der Waals surface area contributed by atoms with E-state index in [1.165, 1.54) is 0 Å². The fraction of sp³-hybridized carbons (Fsp3) is 0.429. The first-order chi connectivity index (χ1) is 13.6. The lowest BCUT2D eigenvalue weighted by Crippen LogP contribution is -2.31. The third-order valence-electron chi connectivity index (χ3n) is 4.53. The highest BCUT2D eigenvalue weighted by Crippen LogP contribution is 2.30. The van der Waals surface area contributed by atoms with Gasteiger partial charge in [0.25, 0.3) is 0 Å². The fourth-order valence-corrected chi connectivity index (χ4v) is 2.79. The van der Waals surface area contributed by atoms with Crippen molar-refractivity contribution in [3.05, 3.63) is 48.3 Å². The van der Waals surface area contributed by atoms with Crippen LogP contribution in [0.3, 0.4) is 0 Å². The van der Waals surface area contributed by atoms with Crippen molar-refractivity contribution in [2.24, 2.45) is 0 Å². The molecule has 0 saturated carbocycles. The van der Waals surface area contributed by atoms with Gasteiger partial charge in [-0.3, -0.25) is 4.98 Å². The van der Waals surface area contributed by atoms with Gasteiger partial charge in [-0.25, -0.2) is 4.79 Å². The van der Waals surface area contributed by atoms with Gasteiger partial charge >= 0.3 is 6.03 Å². The smallest absolute Gasteiger partial charge is 0.319 e. The van der Waals surface area contributed by atoms with E-state index in [1.54, 1.807) is 37.7 Å². The molecule has 152 valence electrons. The van der Waals surface area contributed by atoms with Crippen LogP contribution in [0.4, 0.5) is 10.5 Å². The number of carbonyl (C=O) groups excluding carboxylic acids is 1. The second-order valence-corrected chi connectivity index (χ2v) is 6.34. The van der Waals surface area contributed by atoms with Crippen LogP contribution >= 0.6 is 0 Å². The monoisotopic (exact) mass is 386 g/mol. The second kappa shape index (κ2) is 11.1. The molecule has 7 heteroatoms. The number of hydrogen-bond donors (Lipinski definition) is 2. The Labute approximate surface area is 167 Å². The Bertz CT molecular complexity index is 736. The normalized spacial score (nSPS) is 11.8. The van der Waals surface area contributed by atoms with Gasteiger partial charge in [-0.2, -0.15) is 0 Å². The summed E-state index contributed by atoms with van der Waals surface area (Å²) in [5, 5.41) is 5.75. The highest BCUT2D eigenvalue weighted by molar-refractivity contribution is 5.89. The molecule has 0 aliphatic heterocycles. The number of ether oxygens (including phenoxy) is 2. The van der Waals surface area contributed by atoms with Crippen LogP contribution in [-0.4, -0.2) is 49.3 Å². The number of hydrogen-bond acceptors (Lipinski definition) is 5. The van der Waals surface area contributed by atoms with Crippen molar-refractivity contribution >= 4 is 11.7 Å². The molecular weight excluding hydrogens is 356 g/mol. The van der Waals surface area contributed by atoms with Crippen molar-refractivity contribution < 1.29 is 14.3 Å². The van der Waals surface area contributed by atoms with Crippen LogP contribution in [0.5, 0.6) is 11.5 Å². The molecule has 7 nitrogen and oxygen atoms in total. The number of rotatable bonds is 10. The molecule has 0 bridgehead atoms. The summed E-state index contributed by atoms with van der Waals surface area (Å²) in [7, 11) is 1.60. The van der Waals surface area contributed by atoms with Crippen LogP contribution in [0, 0.1) is 0 Å². The maximum absolute atomic E-state index is 12.3. The second-order valence-electron chi connectivity index (χ2n) is 6.34. The number of aromatic nitrogens is 1. The molecule has 0 aliphatic rings. The third-order valence-corrected chi connectivity index (χ3v) is 4.53. The zero-order valence-electron chi connectivity index (χ0n) is 17.1. The Hall–Kier alpha value is -2.80. The number of pyridine rings is 1. The van der Waals surface area contributed by atoms with Gasteiger partial charge in [-0.05, 0) is 49.8 Å². The number of anilines is 1. The van der Waals surface area contributed by atoms with Crippen molar-refractivity contribution in [3.63, 3.8) is 0 Å². The minimum Gasteiger partial charge on any atom is -0.493 e. The average molecular weight is 386 g/mol. The quantitative estimate of drug-likeness (QED) is 0.651. The molecule has 0 radical (unpaired) electrons. The predicted octanol–water partition coefficient (Wildman–Crippen LogP) is 3.69. The average Bonchev–Trinajstić information content (AvgIpc) is 2.72. The summed E-state index contributed by atoms with van der Waals surface area (Å²) in [6, 6.07) is 8.68. The summed E-state index contributed by atoms with van der Waals surface area (Å²) in [5.41, 5.74) is 1.62. The first-order valence-corrected chi connectivity index (χ1v) is 9.58. The maximum Gasteiger partial charge on any atom is 0.319 e. The molecular formula is C21H30N4O3. The number of benzene rings is 1. The van der Waals surface area contributed by atoms with Gasteiger partial charge in [-0.1, -0.05) is 13.8 Å². The Kier molecular flexibility index (Phi) is 8.55. The van der Waals surface area contributed by atoms with Crippen molar-refractivity contribution in [1.29, 1.82) is 0 Å². The zero-order valence-corrected chi connectivity index (χ0v) is 17.1. The fourth-order valence-electron chi connectivity index (χ4n) is 2.79. The van der Waals surface area contributed by atoms with E-state index in [9.17, 15) is 4.79 Å². The highest BCUT2D eigenvalue weighted by Gasteiger charge is 2.12. The molecule has 2 rings (SSSR count). The molecule has 1 unspecified atom stereocenters. The molecule has 2 N–H and O–H groups in total. The van der Waals surface area contributed by atoms with Crippen molar-refractivity contribution in [2.75, 3.05) is 38.7 Å². The lowest BCUT2D eigenvalue weighted by atomic mass is 10.1. The summed E-state index contributed by atoms with van der Waals surface area (Å²) in [4.78, 5) is 18.6. The predicted molar refractivity (Wildman–Crippen MR) is 111 cm³/mol. The molecule has 0 spiro atoms. The van der Waals surface area contributed by atoms with Crippen molar-refractivity contribution in [3.8, 4) is 11.5 Å². The SMILES string of the molecule is CCN(CC)CCOc1cc(NC(=O)NC(C)c2ccncc2)ccc1OC. The van der Waals surface area contributed by atoms with Gasteiger partial charge in [-0.15, -0.1) is 0 Å². The standard InChI is InChI=1S/C21H30N4O3/c1-5-25(6-2)13-14-28-20-15-18(7-8-19(20)27-4)24-21(26)23-16(3)17-9-11-22-12-10-17/h7-12,15-16H,5-6,13-14H2,1-4H3,(H2,23,24,26). The van der Waals surface area contributed by atoms with Gasteiger partial charge in [0.1, 0.15) is 6.61 Å². The van der Waals surface area contributed by atoms with E-state index >= 15 is 0 Å². The molecule has 1 aromatic heterocycles. The summed E-state index contributed by atoms with van der Waals surface area (Å²) in [6.07, 6.45) is 3.41. The molecule has 2 amide bonds. The minimum absolute atomic E-state index is 0.133. The molecule has 28 heavy (non-hydrogen) atoms. The molecule has 0 aliphatic carbocycles. The lowest BCUT2D eigenvalue weighted by molar-refractivity contribution is 0.217. The van der Waals surface area contributed by atoms with Crippen LogP contribution < -0.4 is 20.1 Å². The maximum atomic E-state index is 12.3. The third kappa shape index (κ3) is 6.42. The van der Waals surface area contributed by atoms with E-state index in [1.807, 2.05) is 19.1 Å². The zero-order chi connectivity index (χ0) is 20.4.